The van der Waals surface area contributed by atoms with Crippen LogP contribution in [0.1, 0.15) is 32.1 Å². The molecule has 1 saturated carbocycles. The van der Waals surface area contributed by atoms with Gasteiger partial charge in [0.2, 0.25) is 5.16 Å². The van der Waals surface area contributed by atoms with Gasteiger partial charge in [-0.2, -0.15) is 0 Å². The van der Waals surface area contributed by atoms with Gasteiger partial charge >= 0.3 is 0 Å². The maximum atomic E-state index is 6.11. The number of nitrogens with two attached hydrogens (primary N) is 1. The average Bonchev–Trinajstić information content (AvgIpc) is 2.88. The van der Waals surface area contributed by atoms with Gasteiger partial charge in [-0.05, 0) is 23.6 Å². The van der Waals surface area contributed by atoms with Crippen LogP contribution in [0.4, 0.5) is 0 Å². The van der Waals surface area contributed by atoms with Crippen LogP contribution in [-0.2, 0) is 0 Å². The second-order valence-electron chi connectivity index (χ2n) is 4.98. The molecule has 6 heteroatoms. The molecule has 1 fully saturated rings. The fourth-order valence-electron chi connectivity index (χ4n) is 2.39. The van der Waals surface area contributed by atoms with E-state index in [1.54, 1.807) is 15.5 Å². The fraction of sp³-hybridized carbons (Fsp3) is 0.429. The Labute approximate surface area is 126 Å². The van der Waals surface area contributed by atoms with Crippen LogP contribution >= 0.6 is 21.6 Å². The minimum absolute atomic E-state index is 0.720. The van der Waals surface area contributed by atoms with Crippen LogP contribution in [0.2, 0.25) is 0 Å². The standard InChI is InChI=1S/C14H18N4S2/c15-18-13(11-7-3-1-4-8-11)16-17-14(18)20-19-12-9-5-2-6-10-12/h1,3-4,7-8,12H,2,5-6,9-10,15H2. The van der Waals surface area contributed by atoms with E-state index in [4.69, 9.17) is 5.84 Å². The predicted octanol–water partition coefficient (Wildman–Crippen LogP) is 3.73. The largest absolute Gasteiger partial charge is 0.335 e. The molecule has 0 atom stereocenters. The molecule has 1 aromatic heterocycles. The molecule has 4 nitrogen and oxygen atoms in total. The lowest BCUT2D eigenvalue weighted by Crippen LogP contribution is -2.12. The minimum atomic E-state index is 0.720. The number of aromatic nitrogens is 3. The van der Waals surface area contributed by atoms with Crippen LogP contribution in [0.5, 0.6) is 0 Å². The number of benzene rings is 1. The quantitative estimate of drug-likeness (QED) is 0.689. The Kier molecular flexibility index (Phi) is 4.52. The van der Waals surface area contributed by atoms with Crippen molar-refractivity contribution in [2.45, 2.75) is 42.5 Å². The van der Waals surface area contributed by atoms with Crippen LogP contribution in [0, 0.1) is 0 Å². The van der Waals surface area contributed by atoms with E-state index in [1.807, 2.05) is 41.1 Å². The Hall–Kier alpha value is -1.14. The van der Waals surface area contributed by atoms with Crippen molar-refractivity contribution in [1.82, 2.24) is 14.9 Å². The molecule has 106 valence electrons. The monoisotopic (exact) mass is 306 g/mol. The lowest BCUT2D eigenvalue weighted by Gasteiger charge is -2.19. The Morgan fingerprint density at radius 2 is 1.80 bits per heavy atom. The summed E-state index contributed by atoms with van der Waals surface area (Å²) in [5.74, 6) is 6.83. The van der Waals surface area contributed by atoms with Gasteiger partial charge in [0.1, 0.15) is 0 Å². The van der Waals surface area contributed by atoms with E-state index in [-0.39, 0.29) is 0 Å². The highest BCUT2D eigenvalue weighted by atomic mass is 33.1. The van der Waals surface area contributed by atoms with Gasteiger partial charge in [-0.15, -0.1) is 10.2 Å². The summed E-state index contributed by atoms with van der Waals surface area (Å²) < 4.78 is 1.59. The predicted molar refractivity (Wildman–Crippen MR) is 85.9 cm³/mol. The highest BCUT2D eigenvalue weighted by Gasteiger charge is 2.17. The third-order valence-corrected chi connectivity index (χ3v) is 6.33. The highest BCUT2D eigenvalue weighted by molar-refractivity contribution is 8.76. The van der Waals surface area contributed by atoms with Crippen molar-refractivity contribution in [2.75, 3.05) is 5.84 Å². The summed E-state index contributed by atoms with van der Waals surface area (Å²) in [4.78, 5) is 0. The lowest BCUT2D eigenvalue weighted by molar-refractivity contribution is 0.517. The summed E-state index contributed by atoms with van der Waals surface area (Å²) in [6.07, 6.45) is 6.70. The topological polar surface area (TPSA) is 56.7 Å². The van der Waals surface area contributed by atoms with Gasteiger partial charge in [-0.25, -0.2) is 4.68 Å². The minimum Gasteiger partial charge on any atom is -0.335 e. The normalized spacial score (nSPS) is 16.4. The molecule has 1 heterocycles. The summed E-state index contributed by atoms with van der Waals surface area (Å²) >= 11 is 0. The SMILES string of the molecule is Nn1c(SSC2CCCCC2)nnc1-c1ccccc1. The molecule has 0 bridgehead atoms. The molecular formula is C14H18N4S2. The fourth-order valence-corrected chi connectivity index (χ4v) is 4.96. The van der Waals surface area contributed by atoms with E-state index in [1.165, 1.54) is 32.1 Å². The molecule has 0 unspecified atom stereocenters. The number of nitrogen functional groups attached to an aromatic ring is 1. The Morgan fingerprint density at radius 3 is 2.55 bits per heavy atom. The van der Waals surface area contributed by atoms with Gasteiger partial charge in [0.15, 0.2) is 5.82 Å². The van der Waals surface area contributed by atoms with Crippen molar-refractivity contribution >= 4 is 21.6 Å². The second kappa shape index (κ2) is 6.54. The molecule has 1 aliphatic carbocycles. The number of hydrogen-bond acceptors (Lipinski definition) is 5. The smallest absolute Gasteiger partial charge is 0.220 e. The van der Waals surface area contributed by atoms with Crippen molar-refractivity contribution < 1.29 is 0 Å². The summed E-state index contributed by atoms with van der Waals surface area (Å²) in [5.41, 5.74) is 0.997. The molecule has 0 radical (unpaired) electrons. The van der Waals surface area contributed by atoms with Crippen molar-refractivity contribution in [3.63, 3.8) is 0 Å². The molecule has 0 amide bonds. The van der Waals surface area contributed by atoms with Gasteiger partial charge in [0.05, 0.1) is 0 Å². The van der Waals surface area contributed by atoms with Gasteiger partial charge < -0.3 is 5.84 Å². The van der Waals surface area contributed by atoms with Gasteiger partial charge in [0.25, 0.3) is 0 Å². The molecule has 1 aromatic carbocycles. The van der Waals surface area contributed by atoms with E-state index >= 15 is 0 Å². The van der Waals surface area contributed by atoms with E-state index < -0.39 is 0 Å². The first-order valence-electron chi connectivity index (χ1n) is 6.94. The van der Waals surface area contributed by atoms with Gasteiger partial charge in [-0.1, -0.05) is 60.4 Å². The maximum Gasteiger partial charge on any atom is 0.220 e. The van der Waals surface area contributed by atoms with E-state index in [2.05, 4.69) is 10.2 Å². The van der Waals surface area contributed by atoms with Gasteiger partial charge in [0, 0.05) is 10.8 Å². The zero-order valence-electron chi connectivity index (χ0n) is 11.2. The van der Waals surface area contributed by atoms with Crippen LogP contribution in [-0.4, -0.2) is 20.1 Å². The average molecular weight is 306 g/mol. The van der Waals surface area contributed by atoms with E-state index in [0.717, 1.165) is 21.8 Å². The summed E-state index contributed by atoms with van der Waals surface area (Å²) in [6.45, 7) is 0. The maximum absolute atomic E-state index is 6.11. The molecule has 2 aromatic rings. The summed E-state index contributed by atoms with van der Waals surface area (Å²) in [6, 6.07) is 9.93. The van der Waals surface area contributed by atoms with Gasteiger partial charge in [-0.3, -0.25) is 0 Å². The molecule has 3 rings (SSSR count). The molecule has 20 heavy (non-hydrogen) atoms. The molecule has 0 aliphatic heterocycles. The van der Waals surface area contributed by atoms with Crippen LogP contribution in [0.25, 0.3) is 11.4 Å². The third-order valence-electron chi connectivity index (χ3n) is 3.51. The molecular weight excluding hydrogens is 288 g/mol. The summed E-state index contributed by atoms with van der Waals surface area (Å²) in [7, 11) is 3.54. The number of nitrogens with zero attached hydrogens (tertiary/aromatic N) is 3. The van der Waals surface area contributed by atoms with Crippen molar-refractivity contribution in [1.29, 1.82) is 0 Å². The van der Waals surface area contributed by atoms with Crippen molar-refractivity contribution in [3.8, 4) is 11.4 Å². The number of rotatable bonds is 4. The van der Waals surface area contributed by atoms with Crippen LogP contribution in [0.15, 0.2) is 35.5 Å². The Bertz CT molecular complexity index is 550. The Morgan fingerprint density at radius 1 is 1.05 bits per heavy atom. The van der Waals surface area contributed by atoms with Crippen molar-refractivity contribution in [2.24, 2.45) is 0 Å². The molecule has 2 N–H and O–H groups in total. The number of hydrogen-bond donors (Lipinski definition) is 1. The first-order valence-corrected chi connectivity index (χ1v) is 9.15. The highest BCUT2D eigenvalue weighted by Crippen LogP contribution is 2.39. The van der Waals surface area contributed by atoms with E-state index in [9.17, 15) is 0 Å². The molecule has 0 spiro atoms. The van der Waals surface area contributed by atoms with E-state index in [0.29, 0.717) is 0 Å². The van der Waals surface area contributed by atoms with Crippen LogP contribution < -0.4 is 5.84 Å². The zero-order valence-corrected chi connectivity index (χ0v) is 12.9. The molecule has 1 aliphatic rings. The first kappa shape index (κ1) is 13.8. The first-order chi connectivity index (χ1) is 9.84. The second-order valence-corrected chi connectivity index (χ2v) is 7.45. The van der Waals surface area contributed by atoms with Crippen LogP contribution in [0.3, 0.4) is 0 Å². The summed E-state index contributed by atoms with van der Waals surface area (Å²) in [5, 5.41) is 9.91. The molecule has 0 saturated heterocycles. The lowest BCUT2D eigenvalue weighted by atomic mass is 10.0. The van der Waals surface area contributed by atoms with Crippen molar-refractivity contribution in [3.05, 3.63) is 30.3 Å². The third kappa shape index (κ3) is 3.12. The zero-order chi connectivity index (χ0) is 13.8. The Balaban J connectivity index is 1.67.